The smallest absolute Gasteiger partial charge is 0.328 e. The summed E-state index contributed by atoms with van der Waals surface area (Å²) < 4.78 is 32.2. The standard InChI is InChI=1S/C19H28N2O5S/c1-13(2)17(19(23)26-4)20-18(22)16-7-5-6-12-21(16)27(24,25)15-10-8-14(3)9-11-15/h8-11,13,16-17H,5-7,12H2,1-4H3,(H,20,22). The van der Waals surface area contributed by atoms with E-state index in [2.05, 4.69) is 5.32 Å². The van der Waals surface area contributed by atoms with Gasteiger partial charge in [-0.3, -0.25) is 4.79 Å². The number of hydrogen-bond acceptors (Lipinski definition) is 5. The first-order valence-electron chi connectivity index (χ1n) is 9.15. The van der Waals surface area contributed by atoms with Gasteiger partial charge in [0.05, 0.1) is 12.0 Å². The molecule has 0 spiro atoms. The van der Waals surface area contributed by atoms with E-state index >= 15 is 0 Å². The molecular formula is C19H28N2O5S. The maximum Gasteiger partial charge on any atom is 0.328 e. The summed E-state index contributed by atoms with van der Waals surface area (Å²) in [5, 5.41) is 2.68. The minimum absolute atomic E-state index is 0.168. The first-order chi connectivity index (χ1) is 12.7. The normalized spacial score (nSPS) is 19.5. The van der Waals surface area contributed by atoms with Gasteiger partial charge in [0.25, 0.3) is 0 Å². The zero-order valence-corrected chi connectivity index (χ0v) is 17.1. The first-order valence-corrected chi connectivity index (χ1v) is 10.6. The monoisotopic (exact) mass is 396 g/mol. The number of carbonyl (C=O) groups excluding carboxylic acids is 2. The molecule has 2 unspecified atom stereocenters. The molecule has 7 nitrogen and oxygen atoms in total. The highest BCUT2D eigenvalue weighted by atomic mass is 32.2. The number of hydrogen-bond donors (Lipinski definition) is 1. The Morgan fingerprint density at radius 3 is 2.37 bits per heavy atom. The van der Waals surface area contributed by atoms with E-state index in [1.807, 2.05) is 6.92 Å². The summed E-state index contributed by atoms with van der Waals surface area (Å²) in [6.07, 6.45) is 1.87. The van der Waals surface area contributed by atoms with Crippen molar-refractivity contribution in [1.29, 1.82) is 0 Å². The predicted octanol–water partition coefficient (Wildman–Crippen LogP) is 1.85. The van der Waals surface area contributed by atoms with Gasteiger partial charge in [0.1, 0.15) is 12.1 Å². The van der Waals surface area contributed by atoms with Gasteiger partial charge in [0, 0.05) is 6.54 Å². The summed E-state index contributed by atoms with van der Waals surface area (Å²) in [5.41, 5.74) is 0.958. The van der Waals surface area contributed by atoms with E-state index in [1.165, 1.54) is 11.4 Å². The molecule has 1 aliphatic heterocycles. The zero-order chi connectivity index (χ0) is 20.2. The Morgan fingerprint density at radius 1 is 1.19 bits per heavy atom. The second-order valence-corrected chi connectivity index (χ2v) is 9.08. The molecule has 1 fully saturated rings. The summed E-state index contributed by atoms with van der Waals surface area (Å²) >= 11 is 0. The van der Waals surface area contributed by atoms with Crippen LogP contribution in [0.4, 0.5) is 0 Å². The molecule has 1 aliphatic rings. The predicted molar refractivity (Wildman–Crippen MR) is 101 cm³/mol. The van der Waals surface area contributed by atoms with Crippen molar-refractivity contribution in [2.45, 2.75) is 57.0 Å². The molecule has 1 heterocycles. The summed E-state index contributed by atoms with van der Waals surface area (Å²) in [6, 6.07) is 4.93. The van der Waals surface area contributed by atoms with Crippen LogP contribution in [-0.2, 0) is 24.3 Å². The number of methoxy groups -OCH3 is 1. The van der Waals surface area contributed by atoms with Crippen LogP contribution in [-0.4, -0.2) is 50.3 Å². The maximum atomic E-state index is 13.1. The molecule has 1 aromatic rings. The van der Waals surface area contributed by atoms with Crippen molar-refractivity contribution in [2.75, 3.05) is 13.7 Å². The second kappa shape index (κ2) is 8.84. The Labute approximate surface area is 161 Å². The molecule has 1 saturated heterocycles. The van der Waals surface area contributed by atoms with Crippen molar-refractivity contribution >= 4 is 21.9 Å². The lowest BCUT2D eigenvalue weighted by atomic mass is 10.0. The number of nitrogens with zero attached hydrogens (tertiary/aromatic N) is 1. The molecule has 27 heavy (non-hydrogen) atoms. The van der Waals surface area contributed by atoms with Crippen molar-refractivity contribution in [3.63, 3.8) is 0 Å². The van der Waals surface area contributed by atoms with Gasteiger partial charge in [-0.15, -0.1) is 0 Å². The molecular weight excluding hydrogens is 368 g/mol. The van der Waals surface area contributed by atoms with Crippen LogP contribution in [0.1, 0.15) is 38.7 Å². The zero-order valence-electron chi connectivity index (χ0n) is 16.3. The lowest BCUT2D eigenvalue weighted by Gasteiger charge is -2.34. The van der Waals surface area contributed by atoms with Crippen molar-refractivity contribution in [1.82, 2.24) is 9.62 Å². The Morgan fingerprint density at radius 2 is 1.81 bits per heavy atom. The van der Waals surface area contributed by atoms with E-state index in [0.29, 0.717) is 12.8 Å². The average Bonchev–Trinajstić information content (AvgIpc) is 2.65. The Hall–Kier alpha value is -1.93. The number of aryl methyl sites for hydroxylation is 1. The van der Waals surface area contributed by atoms with Gasteiger partial charge in [0.15, 0.2) is 0 Å². The summed E-state index contributed by atoms with van der Waals surface area (Å²) in [5.74, 6) is -1.18. The molecule has 1 aromatic carbocycles. The van der Waals surface area contributed by atoms with Crippen molar-refractivity contribution in [3.05, 3.63) is 29.8 Å². The molecule has 150 valence electrons. The average molecular weight is 397 g/mol. The van der Waals surface area contributed by atoms with Crippen LogP contribution < -0.4 is 5.32 Å². The molecule has 1 amide bonds. The van der Waals surface area contributed by atoms with Crippen molar-refractivity contribution in [3.8, 4) is 0 Å². The highest BCUT2D eigenvalue weighted by Crippen LogP contribution is 2.26. The van der Waals surface area contributed by atoms with Gasteiger partial charge in [0.2, 0.25) is 15.9 Å². The van der Waals surface area contributed by atoms with Crippen LogP contribution in [0, 0.1) is 12.8 Å². The molecule has 0 radical (unpaired) electrons. The van der Waals surface area contributed by atoms with Crippen LogP contribution in [0.5, 0.6) is 0 Å². The Bertz CT molecular complexity index is 774. The molecule has 0 saturated carbocycles. The first kappa shape index (κ1) is 21.4. The third-order valence-electron chi connectivity index (χ3n) is 4.80. The van der Waals surface area contributed by atoms with Gasteiger partial charge >= 0.3 is 5.97 Å². The van der Waals surface area contributed by atoms with Crippen LogP contribution in [0.25, 0.3) is 0 Å². The third kappa shape index (κ3) is 4.87. The van der Waals surface area contributed by atoms with E-state index in [0.717, 1.165) is 12.0 Å². The topological polar surface area (TPSA) is 92.8 Å². The molecule has 0 bridgehead atoms. The second-order valence-electron chi connectivity index (χ2n) is 7.19. The van der Waals surface area contributed by atoms with Gasteiger partial charge < -0.3 is 10.1 Å². The molecule has 2 rings (SSSR count). The van der Waals surface area contributed by atoms with Crippen LogP contribution in [0.2, 0.25) is 0 Å². The van der Waals surface area contributed by atoms with Gasteiger partial charge in [-0.1, -0.05) is 38.0 Å². The number of nitrogens with one attached hydrogen (secondary N) is 1. The number of ether oxygens (including phenoxy) is 1. The van der Waals surface area contributed by atoms with E-state index in [1.54, 1.807) is 38.1 Å². The Kier molecular flexibility index (Phi) is 7.00. The largest absolute Gasteiger partial charge is 0.467 e. The van der Waals surface area contributed by atoms with Gasteiger partial charge in [-0.2, -0.15) is 4.31 Å². The number of sulfonamides is 1. The number of carbonyl (C=O) groups is 2. The van der Waals surface area contributed by atoms with Crippen LogP contribution >= 0.6 is 0 Å². The molecule has 2 atom stereocenters. The summed E-state index contributed by atoms with van der Waals surface area (Å²) in [4.78, 5) is 25.0. The number of esters is 1. The minimum atomic E-state index is -3.80. The summed E-state index contributed by atoms with van der Waals surface area (Å²) in [7, 11) is -2.54. The number of rotatable bonds is 6. The fraction of sp³-hybridized carbons (Fsp3) is 0.579. The van der Waals surface area contributed by atoms with E-state index in [4.69, 9.17) is 4.74 Å². The highest BCUT2D eigenvalue weighted by molar-refractivity contribution is 7.89. The molecule has 0 aliphatic carbocycles. The van der Waals surface area contributed by atoms with Crippen LogP contribution in [0.15, 0.2) is 29.2 Å². The van der Waals surface area contributed by atoms with E-state index in [-0.39, 0.29) is 17.4 Å². The van der Waals surface area contributed by atoms with Crippen LogP contribution in [0.3, 0.4) is 0 Å². The van der Waals surface area contributed by atoms with E-state index < -0.39 is 34.0 Å². The maximum absolute atomic E-state index is 13.1. The number of amides is 1. The third-order valence-corrected chi connectivity index (χ3v) is 6.73. The molecule has 0 aromatic heterocycles. The minimum Gasteiger partial charge on any atom is -0.467 e. The molecule has 1 N–H and O–H groups in total. The number of piperidine rings is 1. The number of benzene rings is 1. The Balaban J connectivity index is 2.27. The van der Waals surface area contributed by atoms with Crippen molar-refractivity contribution in [2.24, 2.45) is 5.92 Å². The van der Waals surface area contributed by atoms with Gasteiger partial charge in [-0.25, -0.2) is 13.2 Å². The SMILES string of the molecule is COC(=O)C(NC(=O)C1CCCCN1S(=O)(=O)c1ccc(C)cc1)C(C)C. The van der Waals surface area contributed by atoms with Gasteiger partial charge in [-0.05, 0) is 37.8 Å². The summed E-state index contributed by atoms with van der Waals surface area (Å²) in [6.45, 7) is 5.75. The lowest BCUT2D eigenvalue weighted by Crippen LogP contribution is -2.56. The fourth-order valence-electron chi connectivity index (χ4n) is 3.17. The molecule has 8 heteroatoms. The van der Waals surface area contributed by atoms with Crippen molar-refractivity contribution < 1.29 is 22.7 Å². The fourth-order valence-corrected chi connectivity index (χ4v) is 4.83. The lowest BCUT2D eigenvalue weighted by molar-refractivity contribution is -0.147. The quantitative estimate of drug-likeness (QED) is 0.741. The highest BCUT2D eigenvalue weighted by Gasteiger charge is 2.39. The van der Waals surface area contributed by atoms with E-state index in [9.17, 15) is 18.0 Å².